The zero-order valence-corrected chi connectivity index (χ0v) is 13.4. The summed E-state index contributed by atoms with van der Waals surface area (Å²) in [5.74, 6) is 0.767. The fourth-order valence-corrected chi connectivity index (χ4v) is 3.32. The minimum atomic E-state index is -0.0501. The highest BCUT2D eigenvalue weighted by atomic mass is 35.5. The van der Waals surface area contributed by atoms with E-state index >= 15 is 0 Å². The van der Waals surface area contributed by atoms with Crippen LogP contribution in [0.2, 0.25) is 5.02 Å². The molecule has 22 heavy (non-hydrogen) atoms. The highest BCUT2D eigenvalue weighted by Crippen LogP contribution is 2.34. The third-order valence-corrected chi connectivity index (χ3v) is 4.57. The number of benzene rings is 2. The van der Waals surface area contributed by atoms with Crippen molar-refractivity contribution in [3.05, 3.63) is 70.1 Å². The maximum atomic E-state index is 12.2. The van der Waals surface area contributed by atoms with E-state index in [1.54, 1.807) is 48.8 Å². The summed E-state index contributed by atoms with van der Waals surface area (Å²) in [6.07, 6.45) is 3.41. The second-order valence-electron chi connectivity index (χ2n) is 4.73. The van der Waals surface area contributed by atoms with Gasteiger partial charge in [-0.25, -0.2) is 0 Å². The molecule has 0 unspecified atom stereocenters. The molecule has 0 spiro atoms. The first kappa shape index (κ1) is 14.8. The maximum Gasteiger partial charge on any atom is 0.185 e. The van der Waals surface area contributed by atoms with Crippen LogP contribution in [0.1, 0.15) is 15.9 Å². The molecule has 0 bridgehead atoms. The lowest BCUT2D eigenvalue weighted by atomic mass is 10.1. The zero-order chi connectivity index (χ0) is 15.5. The lowest BCUT2D eigenvalue weighted by Crippen LogP contribution is -1.93. The molecule has 0 saturated carbocycles. The van der Waals surface area contributed by atoms with Crippen LogP contribution in [0.25, 0.3) is 16.2 Å². The first-order chi connectivity index (χ1) is 10.7. The normalized spacial score (nSPS) is 11.2. The second kappa shape index (κ2) is 6.34. The van der Waals surface area contributed by atoms with E-state index in [0.29, 0.717) is 10.6 Å². The fraction of sp³-hybridized carbons (Fsp3) is 0.0556. The minimum Gasteiger partial charge on any atom is -0.496 e. The van der Waals surface area contributed by atoms with Crippen molar-refractivity contribution in [1.29, 1.82) is 0 Å². The summed E-state index contributed by atoms with van der Waals surface area (Å²) in [5, 5.41) is 3.68. The standard InChI is InChI=1S/C18H13ClO2S/c1-21-16-3-2-4-17-18(16)13(11-22-17)7-10-15(20)12-5-8-14(19)9-6-12/h2-11H,1H3/b10-7+. The summed E-state index contributed by atoms with van der Waals surface area (Å²) in [6, 6.07) is 12.8. The van der Waals surface area contributed by atoms with Crippen LogP contribution >= 0.6 is 22.9 Å². The Kier molecular flexibility index (Phi) is 4.27. The monoisotopic (exact) mass is 328 g/mol. The van der Waals surface area contributed by atoms with Crippen LogP contribution in [0.5, 0.6) is 5.75 Å². The van der Waals surface area contributed by atoms with Gasteiger partial charge in [-0.2, -0.15) is 0 Å². The van der Waals surface area contributed by atoms with E-state index in [2.05, 4.69) is 0 Å². The highest BCUT2D eigenvalue weighted by molar-refractivity contribution is 7.17. The van der Waals surface area contributed by atoms with Crippen LogP contribution in [0.4, 0.5) is 0 Å². The van der Waals surface area contributed by atoms with E-state index in [-0.39, 0.29) is 5.78 Å². The predicted molar refractivity (Wildman–Crippen MR) is 93.2 cm³/mol. The minimum absolute atomic E-state index is 0.0501. The maximum absolute atomic E-state index is 12.2. The molecule has 2 aromatic carbocycles. The molecule has 0 fully saturated rings. The lowest BCUT2D eigenvalue weighted by molar-refractivity contribution is 0.104. The Morgan fingerprint density at radius 2 is 1.95 bits per heavy atom. The number of fused-ring (bicyclic) bond motifs is 1. The number of rotatable bonds is 4. The largest absolute Gasteiger partial charge is 0.496 e. The number of allylic oxidation sites excluding steroid dienone is 1. The van der Waals surface area contributed by atoms with Gasteiger partial charge in [0.2, 0.25) is 0 Å². The van der Waals surface area contributed by atoms with Crippen molar-refractivity contribution in [3.8, 4) is 5.75 Å². The summed E-state index contributed by atoms with van der Waals surface area (Å²) in [5.41, 5.74) is 1.60. The summed E-state index contributed by atoms with van der Waals surface area (Å²) in [6.45, 7) is 0. The summed E-state index contributed by atoms with van der Waals surface area (Å²) in [4.78, 5) is 12.2. The van der Waals surface area contributed by atoms with Gasteiger partial charge < -0.3 is 4.74 Å². The van der Waals surface area contributed by atoms with E-state index in [4.69, 9.17) is 16.3 Å². The molecule has 0 aliphatic heterocycles. The molecule has 110 valence electrons. The molecule has 1 aromatic heterocycles. The van der Waals surface area contributed by atoms with E-state index in [0.717, 1.165) is 21.4 Å². The van der Waals surface area contributed by atoms with E-state index in [1.807, 2.05) is 29.7 Å². The number of ketones is 1. The molecular formula is C18H13ClO2S. The molecule has 0 aliphatic rings. The molecule has 0 N–H and O–H groups in total. The number of carbonyl (C=O) groups excluding carboxylic acids is 1. The van der Waals surface area contributed by atoms with Gasteiger partial charge in [-0.05, 0) is 59.5 Å². The molecular weight excluding hydrogens is 316 g/mol. The fourth-order valence-electron chi connectivity index (χ4n) is 2.25. The Balaban J connectivity index is 1.92. The number of halogens is 1. The Hall–Kier alpha value is -2.10. The third-order valence-electron chi connectivity index (χ3n) is 3.35. The topological polar surface area (TPSA) is 26.3 Å². The first-order valence-corrected chi connectivity index (χ1v) is 7.97. The molecule has 0 saturated heterocycles. The van der Waals surface area contributed by atoms with Crippen LogP contribution in [0, 0.1) is 0 Å². The van der Waals surface area contributed by atoms with Crippen molar-refractivity contribution in [3.63, 3.8) is 0 Å². The average Bonchev–Trinajstić information content (AvgIpc) is 2.96. The molecule has 0 aliphatic carbocycles. The Morgan fingerprint density at radius 3 is 2.68 bits per heavy atom. The molecule has 3 aromatic rings. The van der Waals surface area contributed by atoms with Gasteiger partial charge in [0.15, 0.2) is 5.78 Å². The van der Waals surface area contributed by atoms with Crippen molar-refractivity contribution < 1.29 is 9.53 Å². The van der Waals surface area contributed by atoms with E-state index in [9.17, 15) is 4.79 Å². The van der Waals surface area contributed by atoms with E-state index in [1.165, 1.54) is 0 Å². The van der Waals surface area contributed by atoms with Crippen LogP contribution in [0.3, 0.4) is 0 Å². The first-order valence-electron chi connectivity index (χ1n) is 6.71. The van der Waals surface area contributed by atoms with Crippen molar-refractivity contribution in [2.75, 3.05) is 7.11 Å². The molecule has 3 rings (SSSR count). The number of thiophene rings is 1. The molecule has 0 amide bonds. The van der Waals surface area contributed by atoms with Crippen molar-refractivity contribution in [2.24, 2.45) is 0 Å². The lowest BCUT2D eigenvalue weighted by Gasteiger charge is -2.02. The van der Waals surface area contributed by atoms with Gasteiger partial charge >= 0.3 is 0 Å². The van der Waals surface area contributed by atoms with Gasteiger partial charge in [-0.15, -0.1) is 11.3 Å². The van der Waals surface area contributed by atoms with Crippen LogP contribution in [-0.2, 0) is 0 Å². The molecule has 4 heteroatoms. The Morgan fingerprint density at radius 1 is 1.18 bits per heavy atom. The number of ether oxygens (including phenoxy) is 1. The summed E-state index contributed by atoms with van der Waals surface area (Å²) in [7, 11) is 1.65. The van der Waals surface area contributed by atoms with Gasteiger partial charge in [-0.1, -0.05) is 17.7 Å². The number of carbonyl (C=O) groups is 1. The Bertz CT molecular complexity index is 847. The predicted octanol–water partition coefficient (Wildman–Crippen LogP) is 5.46. The SMILES string of the molecule is COc1cccc2scc(/C=C/C(=O)c3ccc(Cl)cc3)c12. The van der Waals surface area contributed by atoms with Crippen molar-refractivity contribution in [1.82, 2.24) is 0 Å². The number of hydrogen-bond donors (Lipinski definition) is 0. The van der Waals surface area contributed by atoms with Gasteiger partial charge in [-0.3, -0.25) is 4.79 Å². The van der Waals surface area contributed by atoms with Gasteiger partial charge in [0.25, 0.3) is 0 Å². The summed E-state index contributed by atoms with van der Waals surface area (Å²) >= 11 is 7.46. The highest BCUT2D eigenvalue weighted by Gasteiger charge is 2.08. The summed E-state index contributed by atoms with van der Waals surface area (Å²) < 4.78 is 6.54. The molecule has 1 heterocycles. The molecule has 0 atom stereocenters. The second-order valence-corrected chi connectivity index (χ2v) is 6.08. The molecule has 0 radical (unpaired) electrons. The third kappa shape index (κ3) is 2.91. The van der Waals surface area contributed by atoms with Crippen molar-refractivity contribution in [2.45, 2.75) is 0 Å². The van der Waals surface area contributed by atoms with Crippen molar-refractivity contribution >= 4 is 44.9 Å². The van der Waals surface area contributed by atoms with Gasteiger partial charge in [0.1, 0.15) is 5.75 Å². The van der Waals surface area contributed by atoms with Crippen LogP contribution < -0.4 is 4.74 Å². The smallest absolute Gasteiger partial charge is 0.185 e. The van der Waals surface area contributed by atoms with E-state index < -0.39 is 0 Å². The average molecular weight is 329 g/mol. The van der Waals surface area contributed by atoms with Gasteiger partial charge in [0.05, 0.1) is 7.11 Å². The zero-order valence-electron chi connectivity index (χ0n) is 11.9. The van der Waals surface area contributed by atoms with Gasteiger partial charge in [0, 0.05) is 20.7 Å². The van der Waals surface area contributed by atoms with Crippen LogP contribution in [-0.4, -0.2) is 12.9 Å². The van der Waals surface area contributed by atoms with Crippen LogP contribution in [0.15, 0.2) is 53.9 Å². The quantitative estimate of drug-likeness (QED) is 0.469. The number of hydrogen-bond acceptors (Lipinski definition) is 3. The number of methoxy groups -OCH3 is 1. The Labute approximate surface area is 137 Å². The molecule has 2 nitrogen and oxygen atoms in total.